The number of anilines is 1. The maximum Gasteiger partial charge on any atom is 0.251 e. The lowest BCUT2D eigenvalue weighted by molar-refractivity contribution is -0.117. The van der Waals surface area contributed by atoms with Crippen LogP contribution < -0.4 is 10.6 Å². The molecule has 0 radical (unpaired) electrons. The van der Waals surface area contributed by atoms with Crippen molar-refractivity contribution in [3.8, 4) is 6.07 Å². The molecule has 0 spiro atoms. The third kappa shape index (κ3) is 5.40. The van der Waals surface area contributed by atoms with Gasteiger partial charge in [-0.25, -0.2) is 0 Å². The van der Waals surface area contributed by atoms with Gasteiger partial charge in [-0.2, -0.15) is 5.26 Å². The smallest absolute Gasteiger partial charge is 0.251 e. The number of nitrogens with one attached hydrogen (secondary N) is 2. The molecule has 0 bridgehead atoms. The maximum absolute atomic E-state index is 12.3. The van der Waals surface area contributed by atoms with Crippen LogP contribution >= 0.6 is 0 Å². The number of amides is 2. The Labute approximate surface area is 158 Å². The molecule has 0 saturated carbocycles. The van der Waals surface area contributed by atoms with Gasteiger partial charge in [-0.15, -0.1) is 0 Å². The normalized spacial score (nSPS) is 14.9. The molecule has 0 aliphatic carbocycles. The van der Waals surface area contributed by atoms with E-state index in [0.29, 0.717) is 17.7 Å². The van der Waals surface area contributed by atoms with Gasteiger partial charge in [-0.3, -0.25) is 14.5 Å². The number of hydrogen-bond donors (Lipinski definition) is 2. The lowest BCUT2D eigenvalue weighted by Gasteiger charge is -2.31. The van der Waals surface area contributed by atoms with E-state index in [1.165, 1.54) is 0 Å². The minimum absolute atomic E-state index is 0.0306. The van der Waals surface area contributed by atoms with Crippen molar-refractivity contribution in [1.82, 2.24) is 10.2 Å². The number of para-hydroxylation sites is 1. The molecule has 2 amide bonds. The van der Waals surface area contributed by atoms with E-state index in [1.807, 2.05) is 36.4 Å². The summed E-state index contributed by atoms with van der Waals surface area (Å²) in [5, 5.41) is 14.9. The SMILES string of the molecule is N#Cc1cccc(C(=O)NC2CCN(CC(=O)Nc3ccccc3)CC2)c1. The van der Waals surface area contributed by atoms with Crippen molar-refractivity contribution in [2.75, 3.05) is 25.0 Å². The molecular formula is C21H22N4O2. The van der Waals surface area contributed by atoms with Gasteiger partial charge in [0.2, 0.25) is 5.91 Å². The molecule has 1 aliphatic heterocycles. The molecule has 3 rings (SSSR count). The van der Waals surface area contributed by atoms with Crippen LogP contribution in [0, 0.1) is 11.3 Å². The molecule has 1 aliphatic rings. The van der Waals surface area contributed by atoms with Gasteiger partial charge >= 0.3 is 0 Å². The van der Waals surface area contributed by atoms with Crippen LogP contribution in [0.25, 0.3) is 0 Å². The van der Waals surface area contributed by atoms with Crippen molar-refractivity contribution < 1.29 is 9.59 Å². The quantitative estimate of drug-likeness (QED) is 0.855. The first kappa shape index (κ1) is 18.6. The van der Waals surface area contributed by atoms with Gasteiger partial charge in [-0.05, 0) is 43.2 Å². The topological polar surface area (TPSA) is 85.2 Å². The third-order valence-electron chi connectivity index (χ3n) is 4.60. The van der Waals surface area contributed by atoms with Crippen molar-refractivity contribution in [1.29, 1.82) is 5.26 Å². The Kier molecular flexibility index (Phi) is 6.18. The summed E-state index contributed by atoms with van der Waals surface area (Å²) in [5.74, 6) is -0.190. The Bertz CT molecular complexity index is 837. The van der Waals surface area contributed by atoms with E-state index in [2.05, 4.69) is 15.5 Å². The highest BCUT2D eigenvalue weighted by Crippen LogP contribution is 2.12. The van der Waals surface area contributed by atoms with Gasteiger partial charge < -0.3 is 10.6 Å². The summed E-state index contributed by atoms with van der Waals surface area (Å²) in [6.45, 7) is 1.86. The number of likely N-dealkylation sites (tertiary alicyclic amines) is 1. The average Bonchev–Trinajstić information content (AvgIpc) is 2.70. The molecule has 0 aromatic heterocycles. The molecule has 6 heteroatoms. The van der Waals surface area contributed by atoms with E-state index in [4.69, 9.17) is 5.26 Å². The van der Waals surface area contributed by atoms with E-state index < -0.39 is 0 Å². The fourth-order valence-electron chi connectivity index (χ4n) is 3.16. The molecule has 1 fully saturated rings. The first-order valence-corrected chi connectivity index (χ1v) is 9.02. The van der Waals surface area contributed by atoms with Crippen LogP contribution in [-0.4, -0.2) is 42.4 Å². The Balaban J connectivity index is 1.44. The first-order chi connectivity index (χ1) is 13.1. The van der Waals surface area contributed by atoms with Gasteiger partial charge in [0.25, 0.3) is 5.91 Å². The van der Waals surface area contributed by atoms with Crippen LogP contribution in [0.2, 0.25) is 0 Å². The number of rotatable bonds is 5. The Morgan fingerprint density at radius 1 is 1.07 bits per heavy atom. The molecule has 1 saturated heterocycles. The minimum Gasteiger partial charge on any atom is -0.349 e. The number of nitrogens with zero attached hydrogens (tertiary/aromatic N) is 2. The van der Waals surface area contributed by atoms with E-state index in [9.17, 15) is 9.59 Å². The molecule has 2 aromatic rings. The molecule has 0 unspecified atom stereocenters. The zero-order chi connectivity index (χ0) is 19.1. The number of benzene rings is 2. The molecule has 2 aromatic carbocycles. The molecule has 2 N–H and O–H groups in total. The summed E-state index contributed by atoms with van der Waals surface area (Å²) in [5.41, 5.74) is 1.77. The van der Waals surface area contributed by atoms with E-state index in [0.717, 1.165) is 31.6 Å². The molecule has 27 heavy (non-hydrogen) atoms. The second-order valence-electron chi connectivity index (χ2n) is 6.63. The summed E-state index contributed by atoms with van der Waals surface area (Å²) >= 11 is 0. The average molecular weight is 362 g/mol. The number of nitriles is 1. The van der Waals surface area contributed by atoms with Crippen LogP contribution in [0.3, 0.4) is 0 Å². The monoisotopic (exact) mass is 362 g/mol. The van der Waals surface area contributed by atoms with Gasteiger partial charge in [0.1, 0.15) is 0 Å². The van der Waals surface area contributed by atoms with E-state index >= 15 is 0 Å². The van der Waals surface area contributed by atoms with Crippen LogP contribution in [0.15, 0.2) is 54.6 Å². The predicted octanol–water partition coefficient (Wildman–Crippen LogP) is 2.39. The Morgan fingerprint density at radius 3 is 2.52 bits per heavy atom. The highest BCUT2D eigenvalue weighted by atomic mass is 16.2. The summed E-state index contributed by atoms with van der Waals surface area (Å²) in [7, 11) is 0. The van der Waals surface area contributed by atoms with Crippen molar-refractivity contribution in [3.05, 3.63) is 65.7 Å². The number of piperidine rings is 1. The van der Waals surface area contributed by atoms with Crippen molar-refractivity contribution in [3.63, 3.8) is 0 Å². The maximum atomic E-state index is 12.3. The standard InChI is InChI=1S/C21H22N4O2/c22-14-16-5-4-6-17(13-16)21(27)24-19-9-11-25(12-10-19)15-20(26)23-18-7-2-1-3-8-18/h1-8,13,19H,9-12,15H2,(H,23,26)(H,24,27). The van der Waals surface area contributed by atoms with Gasteiger partial charge in [-0.1, -0.05) is 24.3 Å². The zero-order valence-electron chi connectivity index (χ0n) is 15.0. The van der Waals surface area contributed by atoms with Crippen LogP contribution in [0.5, 0.6) is 0 Å². The van der Waals surface area contributed by atoms with Crippen molar-refractivity contribution >= 4 is 17.5 Å². The highest BCUT2D eigenvalue weighted by molar-refractivity contribution is 5.94. The lowest BCUT2D eigenvalue weighted by Crippen LogP contribution is -2.46. The lowest BCUT2D eigenvalue weighted by atomic mass is 10.0. The predicted molar refractivity (Wildman–Crippen MR) is 103 cm³/mol. The third-order valence-corrected chi connectivity index (χ3v) is 4.60. The molecular weight excluding hydrogens is 340 g/mol. The van der Waals surface area contributed by atoms with Crippen LogP contribution in [0.1, 0.15) is 28.8 Å². The fraction of sp³-hybridized carbons (Fsp3) is 0.286. The van der Waals surface area contributed by atoms with E-state index in [1.54, 1.807) is 24.3 Å². The molecule has 138 valence electrons. The van der Waals surface area contributed by atoms with E-state index in [-0.39, 0.29) is 17.9 Å². The van der Waals surface area contributed by atoms with Gasteiger partial charge in [0.15, 0.2) is 0 Å². The van der Waals surface area contributed by atoms with Gasteiger partial charge in [0, 0.05) is 30.4 Å². The summed E-state index contributed by atoms with van der Waals surface area (Å²) in [6, 6.07) is 18.2. The number of hydrogen-bond acceptors (Lipinski definition) is 4. The molecule has 1 heterocycles. The highest BCUT2D eigenvalue weighted by Gasteiger charge is 2.22. The summed E-state index contributed by atoms with van der Waals surface area (Å²) < 4.78 is 0. The summed E-state index contributed by atoms with van der Waals surface area (Å²) in [4.78, 5) is 26.6. The Morgan fingerprint density at radius 2 is 1.81 bits per heavy atom. The molecule has 6 nitrogen and oxygen atoms in total. The Hall–Kier alpha value is -3.17. The number of carbonyl (C=O) groups excluding carboxylic acids is 2. The van der Waals surface area contributed by atoms with Gasteiger partial charge in [0.05, 0.1) is 18.2 Å². The zero-order valence-corrected chi connectivity index (χ0v) is 15.0. The van der Waals surface area contributed by atoms with Crippen molar-refractivity contribution in [2.45, 2.75) is 18.9 Å². The second kappa shape index (κ2) is 8.97. The van der Waals surface area contributed by atoms with Crippen LogP contribution in [-0.2, 0) is 4.79 Å². The van der Waals surface area contributed by atoms with Crippen molar-refractivity contribution in [2.24, 2.45) is 0 Å². The van der Waals surface area contributed by atoms with Crippen LogP contribution in [0.4, 0.5) is 5.69 Å². The summed E-state index contributed by atoms with van der Waals surface area (Å²) in [6.07, 6.45) is 1.59. The first-order valence-electron chi connectivity index (χ1n) is 9.02. The minimum atomic E-state index is -0.160. The number of carbonyl (C=O) groups is 2. The molecule has 0 atom stereocenters. The largest absolute Gasteiger partial charge is 0.349 e. The second-order valence-corrected chi connectivity index (χ2v) is 6.63. The fourth-order valence-corrected chi connectivity index (χ4v) is 3.16.